The van der Waals surface area contributed by atoms with Crippen LogP contribution >= 0.6 is 0 Å². The van der Waals surface area contributed by atoms with Gasteiger partial charge in [0.25, 0.3) is 5.91 Å². The SMILES string of the molecule is CCOc1cc(OC(F)(F)F)ccc1Oc1cc(OC)c(C(F)(F)F)c(F)c1C(=O)Nc1ccnc(C)c1.NC=O. The van der Waals surface area contributed by atoms with Gasteiger partial charge in [-0.1, -0.05) is 0 Å². The van der Waals surface area contributed by atoms with Gasteiger partial charge in [0.2, 0.25) is 6.41 Å². The zero-order valence-electron chi connectivity index (χ0n) is 21.4. The van der Waals surface area contributed by atoms with Gasteiger partial charge in [-0.15, -0.1) is 13.2 Å². The minimum absolute atomic E-state index is 0.0642. The molecule has 0 bridgehead atoms. The van der Waals surface area contributed by atoms with Crippen LogP contribution in [0.2, 0.25) is 0 Å². The second-order valence-electron chi connectivity index (χ2n) is 7.61. The number of methoxy groups -OCH3 is 1. The number of carbonyl (C=O) groups excluding carboxylic acids is 2. The van der Waals surface area contributed by atoms with Crippen molar-refractivity contribution in [3.63, 3.8) is 0 Å². The Hall–Kier alpha value is -4.76. The van der Waals surface area contributed by atoms with Crippen LogP contribution in [0.4, 0.5) is 36.4 Å². The summed E-state index contributed by atoms with van der Waals surface area (Å²) < 4.78 is 114. The molecule has 3 rings (SSSR count). The number of pyridine rings is 1. The lowest BCUT2D eigenvalue weighted by molar-refractivity contribution is -0.274. The fourth-order valence-corrected chi connectivity index (χ4v) is 3.30. The lowest BCUT2D eigenvalue weighted by Gasteiger charge is -2.20. The number of ether oxygens (including phenoxy) is 4. The molecule has 0 aliphatic rings. The molecule has 0 fully saturated rings. The molecule has 1 heterocycles. The fraction of sp³-hybridized carbons (Fsp3) is 0.240. The predicted octanol–water partition coefficient (Wildman–Crippen LogP) is 6.00. The molecule has 0 spiro atoms. The quantitative estimate of drug-likeness (QED) is 0.243. The van der Waals surface area contributed by atoms with Crippen LogP contribution in [0.5, 0.6) is 28.7 Å². The van der Waals surface area contributed by atoms with Crippen molar-refractivity contribution in [3.8, 4) is 28.7 Å². The Morgan fingerprint density at radius 1 is 1.02 bits per heavy atom. The summed E-state index contributed by atoms with van der Waals surface area (Å²) in [6.07, 6.45) is -8.72. The van der Waals surface area contributed by atoms with Crippen LogP contribution in [0, 0.1) is 12.7 Å². The molecule has 222 valence electrons. The van der Waals surface area contributed by atoms with E-state index in [2.05, 4.69) is 20.8 Å². The maximum absolute atomic E-state index is 15.4. The summed E-state index contributed by atoms with van der Waals surface area (Å²) in [7, 11) is 0.849. The van der Waals surface area contributed by atoms with Gasteiger partial charge < -0.3 is 30.0 Å². The lowest BCUT2D eigenvalue weighted by Crippen LogP contribution is -2.20. The summed E-state index contributed by atoms with van der Waals surface area (Å²) >= 11 is 0. The maximum atomic E-state index is 15.4. The van der Waals surface area contributed by atoms with Crippen molar-refractivity contribution < 1.29 is 59.3 Å². The molecule has 0 saturated carbocycles. The van der Waals surface area contributed by atoms with E-state index in [-0.39, 0.29) is 30.2 Å². The van der Waals surface area contributed by atoms with E-state index in [4.69, 9.17) is 19.0 Å². The minimum Gasteiger partial charge on any atom is -0.496 e. The number of nitrogens with two attached hydrogens (primary N) is 1. The van der Waals surface area contributed by atoms with E-state index < -0.39 is 52.6 Å². The van der Waals surface area contributed by atoms with E-state index in [0.29, 0.717) is 11.8 Å². The molecule has 16 heteroatoms. The molecule has 9 nitrogen and oxygen atoms in total. The molecule has 3 aromatic rings. The monoisotopic (exact) mass is 593 g/mol. The third kappa shape index (κ3) is 8.87. The van der Waals surface area contributed by atoms with Gasteiger partial charge in [-0.25, -0.2) is 4.39 Å². The highest BCUT2D eigenvalue weighted by Crippen LogP contribution is 2.45. The Kier molecular flexibility index (Phi) is 10.7. The van der Waals surface area contributed by atoms with Crippen molar-refractivity contribution in [2.24, 2.45) is 5.73 Å². The molecule has 2 aromatic carbocycles. The largest absolute Gasteiger partial charge is 0.573 e. The number of rotatable bonds is 8. The molecule has 3 N–H and O–H groups in total. The van der Waals surface area contributed by atoms with Crippen molar-refractivity contribution in [1.82, 2.24) is 4.98 Å². The molecular formula is C25H22F7N3O6. The summed E-state index contributed by atoms with van der Waals surface area (Å²) in [6, 6.07) is 5.93. The van der Waals surface area contributed by atoms with Crippen molar-refractivity contribution in [2.75, 3.05) is 19.0 Å². The number of hydrogen-bond acceptors (Lipinski definition) is 7. The van der Waals surface area contributed by atoms with Crippen LogP contribution in [-0.2, 0) is 11.0 Å². The molecule has 0 aliphatic carbocycles. The van der Waals surface area contributed by atoms with Gasteiger partial charge in [0.1, 0.15) is 28.4 Å². The highest BCUT2D eigenvalue weighted by Gasteiger charge is 2.41. The number of nitrogens with one attached hydrogen (secondary N) is 1. The molecular weight excluding hydrogens is 571 g/mol. The summed E-state index contributed by atoms with van der Waals surface area (Å²) in [5.41, 5.74) is 1.71. The number of hydrogen-bond donors (Lipinski definition) is 2. The molecule has 1 aromatic heterocycles. The van der Waals surface area contributed by atoms with E-state index in [1.54, 1.807) is 6.92 Å². The first-order valence-corrected chi connectivity index (χ1v) is 11.2. The third-order valence-corrected chi connectivity index (χ3v) is 4.75. The van der Waals surface area contributed by atoms with Crippen molar-refractivity contribution in [2.45, 2.75) is 26.4 Å². The molecule has 0 saturated heterocycles. The van der Waals surface area contributed by atoms with Crippen LogP contribution in [0.15, 0.2) is 42.6 Å². The van der Waals surface area contributed by atoms with E-state index in [1.807, 2.05) is 0 Å². The average Bonchev–Trinajstić information content (AvgIpc) is 2.84. The first-order valence-electron chi connectivity index (χ1n) is 11.2. The zero-order chi connectivity index (χ0) is 31.0. The number of alkyl halides is 6. The van der Waals surface area contributed by atoms with Gasteiger partial charge >= 0.3 is 12.5 Å². The number of aromatic nitrogens is 1. The fourth-order valence-electron chi connectivity index (χ4n) is 3.30. The second-order valence-corrected chi connectivity index (χ2v) is 7.61. The Bertz CT molecular complexity index is 1380. The number of primary amides is 1. The second kappa shape index (κ2) is 13.5. The van der Waals surface area contributed by atoms with E-state index in [0.717, 1.165) is 25.3 Å². The van der Waals surface area contributed by atoms with Gasteiger partial charge in [0.05, 0.1) is 13.7 Å². The van der Waals surface area contributed by atoms with E-state index in [1.165, 1.54) is 25.3 Å². The molecule has 41 heavy (non-hydrogen) atoms. The first-order chi connectivity index (χ1) is 19.1. The predicted molar refractivity (Wildman–Crippen MR) is 130 cm³/mol. The number of benzene rings is 2. The molecule has 2 amide bonds. The number of amides is 2. The van der Waals surface area contributed by atoms with E-state index in [9.17, 15) is 31.1 Å². The standard InChI is InChI=1S/C24H19F7N2O5.CH3NO/c1-4-36-16-10-14(38-24(29,30)31)5-6-15(16)37-17-11-18(35-3)20(23(26,27)28)21(25)19(17)22(34)33-13-7-8-32-12(2)9-13;2-1-3/h5-11H,4H2,1-3H3,(H,32,33,34);1H,(H2,2,3). The Balaban J connectivity index is 0.00000187. The van der Waals surface area contributed by atoms with Crippen LogP contribution in [-0.4, -0.2) is 37.4 Å². The lowest BCUT2D eigenvalue weighted by atomic mass is 10.0. The van der Waals surface area contributed by atoms with Crippen molar-refractivity contribution in [1.29, 1.82) is 0 Å². The zero-order valence-corrected chi connectivity index (χ0v) is 21.4. The Morgan fingerprint density at radius 3 is 2.22 bits per heavy atom. The van der Waals surface area contributed by atoms with Crippen molar-refractivity contribution in [3.05, 3.63) is 65.2 Å². The van der Waals surface area contributed by atoms with Crippen LogP contribution in [0.1, 0.15) is 28.5 Å². The number of anilines is 1. The molecule has 0 atom stereocenters. The third-order valence-electron chi connectivity index (χ3n) is 4.75. The topological polar surface area (TPSA) is 122 Å². The number of aryl methyl sites for hydroxylation is 1. The highest BCUT2D eigenvalue weighted by molar-refractivity contribution is 6.07. The maximum Gasteiger partial charge on any atom is 0.573 e. The number of nitrogens with zero attached hydrogens (tertiary/aromatic N) is 1. The summed E-state index contributed by atoms with van der Waals surface area (Å²) in [5.74, 6) is -6.41. The smallest absolute Gasteiger partial charge is 0.496 e. The Labute approximate surface area is 228 Å². The van der Waals surface area contributed by atoms with E-state index >= 15 is 4.39 Å². The van der Waals surface area contributed by atoms with Crippen LogP contribution in [0.3, 0.4) is 0 Å². The summed E-state index contributed by atoms with van der Waals surface area (Å²) in [6.45, 7) is 3.02. The highest BCUT2D eigenvalue weighted by atomic mass is 19.4. The summed E-state index contributed by atoms with van der Waals surface area (Å²) in [4.78, 5) is 25.5. The Morgan fingerprint density at radius 2 is 1.68 bits per heavy atom. The van der Waals surface area contributed by atoms with Crippen LogP contribution < -0.4 is 30.0 Å². The molecule has 0 radical (unpaired) electrons. The minimum atomic E-state index is -5.26. The van der Waals surface area contributed by atoms with Crippen molar-refractivity contribution >= 4 is 18.0 Å². The van der Waals surface area contributed by atoms with Crippen LogP contribution in [0.25, 0.3) is 0 Å². The van der Waals surface area contributed by atoms with Gasteiger partial charge in [0.15, 0.2) is 17.3 Å². The van der Waals surface area contributed by atoms with Gasteiger partial charge in [-0.3, -0.25) is 14.6 Å². The average molecular weight is 593 g/mol. The van der Waals surface area contributed by atoms with Gasteiger partial charge in [0, 0.05) is 29.7 Å². The summed E-state index contributed by atoms with van der Waals surface area (Å²) in [5, 5.41) is 2.27. The van der Waals surface area contributed by atoms with Gasteiger partial charge in [-0.05, 0) is 38.1 Å². The molecule has 0 unspecified atom stereocenters. The number of carbonyl (C=O) groups is 2. The normalized spacial score (nSPS) is 11.1. The first kappa shape index (κ1) is 32.5. The van der Waals surface area contributed by atoms with Gasteiger partial charge in [-0.2, -0.15) is 13.2 Å². The molecule has 0 aliphatic heterocycles. The number of halogens is 7.